The summed E-state index contributed by atoms with van der Waals surface area (Å²) in [6, 6.07) is 14.5. The molecule has 2 N–H and O–H groups in total. The quantitative estimate of drug-likeness (QED) is 0.820. The Morgan fingerprint density at radius 2 is 1.73 bits per heavy atom. The molecule has 4 rings (SSSR count). The zero-order valence-electron chi connectivity index (χ0n) is 16.5. The molecule has 0 aliphatic carbocycles. The van der Waals surface area contributed by atoms with Crippen molar-refractivity contribution in [2.75, 3.05) is 19.6 Å². The van der Waals surface area contributed by atoms with Crippen LogP contribution in [0.4, 0.5) is 8.78 Å². The fourth-order valence-electron chi connectivity index (χ4n) is 3.96. The largest absolute Gasteiger partial charge is 0.440 e. The van der Waals surface area contributed by atoms with Crippen LogP contribution in [-0.2, 0) is 4.74 Å². The van der Waals surface area contributed by atoms with Gasteiger partial charge in [0.1, 0.15) is 29.0 Å². The van der Waals surface area contributed by atoms with Gasteiger partial charge in [0.25, 0.3) is 0 Å². The zero-order valence-corrected chi connectivity index (χ0v) is 16.5. The van der Waals surface area contributed by atoms with Crippen LogP contribution >= 0.6 is 0 Å². The number of rotatable bonds is 3. The Labute approximate surface area is 174 Å². The lowest BCUT2D eigenvalue weighted by molar-refractivity contribution is 0.239. The van der Waals surface area contributed by atoms with Crippen molar-refractivity contribution in [2.24, 2.45) is 5.73 Å². The Morgan fingerprint density at radius 3 is 2.33 bits per heavy atom. The minimum absolute atomic E-state index is 0.0560. The predicted octanol–water partition coefficient (Wildman–Crippen LogP) is 4.45. The van der Waals surface area contributed by atoms with E-state index >= 15 is 0 Å². The highest BCUT2D eigenvalue weighted by Gasteiger charge is 2.37. The molecule has 30 heavy (non-hydrogen) atoms. The number of nitriles is 1. The molecule has 0 saturated carbocycles. The van der Waals surface area contributed by atoms with Gasteiger partial charge >= 0.3 is 0 Å². The van der Waals surface area contributed by atoms with E-state index in [9.17, 15) is 14.0 Å². The first-order valence-corrected chi connectivity index (χ1v) is 9.75. The Morgan fingerprint density at radius 1 is 1.10 bits per heavy atom. The monoisotopic (exact) mass is 405 g/mol. The molecule has 1 unspecified atom stereocenters. The minimum atomic E-state index is -0.412. The zero-order chi connectivity index (χ0) is 21.3. The van der Waals surface area contributed by atoms with Gasteiger partial charge in [-0.1, -0.05) is 31.2 Å². The van der Waals surface area contributed by atoms with Crippen LogP contribution in [0.1, 0.15) is 24.0 Å². The van der Waals surface area contributed by atoms with Crippen LogP contribution in [0, 0.1) is 23.0 Å². The van der Waals surface area contributed by atoms with E-state index in [1.165, 1.54) is 24.3 Å². The van der Waals surface area contributed by atoms with E-state index in [0.717, 1.165) is 28.8 Å². The van der Waals surface area contributed by atoms with E-state index in [1.54, 1.807) is 24.3 Å². The van der Waals surface area contributed by atoms with Gasteiger partial charge in [0.15, 0.2) is 0 Å². The second-order valence-electron chi connectivity index (χ2n) is 7.36. The third kappa shape index (κ3) is 3.72. The number of nitrogens with two attached hydrogens (primary N) is 1. The first-order valence-electron chi connectivity index (χ1n) is 9.75. The van der Waals surface area contributed by atoms with Crippen LogP contribution in [0.5, 0.6) is 0 Å². The van der Waals surface area contributed by atoms with Crippen molar-refractivity contribution in [1.82, 2.24) is 4.90 Å². The average Bonchev–Trinajstić information content (AvgIpc) is 2.75. The van der Waals surface area contributed by atoms with Crippen LogP contribution in [0.15, 0.2) is 76.9 Å². The second kappa shape index (κ2) is 8.13. The summed E-state index contributed by atoms with van der Waals surface area (Å²) in [5, 5.41) is 9.76. The maximum absolute atomic E-state index is 13.5. The fraction of sp³-hybridized carbons (Fsp3) is 0.208. The molecule has 0 aromatic heterocycles. The van der Waals surface area contributed by atoms with E-state index in [1.807, 2.05) is 6.08 Å². The molecule has 152 valence electrons. The second-order valence-corrected chi connectivity index (χ2v) is 7.36. The number of nitrogens with zero attached hydrogens (tertiary/aromatic N) is 2. The van der Waals surface area contributed by atoms with E-state index in [0.29, 0.717) is 24.4 Å². The summed E-state index contributed by atoms with van der Waals surface area (Å²) in [7, 11) is 0. The fourth-order valence-corrected chi connectivity index (χ4v) is 3.96. The van der Waals surface area contributed by atoms with Crippen molar-refractivity contribution in [3.8, 4) is 6.07 Å². The van der Waals surface area contributed by atoms with E-state index in [4.69, 9.17) is 10.5 Å². The number of hydrogen-bond donors (Lipinski definition) is 1. The van der Waals surface area contributed by atoms with Gasteiger partial charge in [0, 0.05) is 18.7 Å². The van der Waals surface area contributed by atoms with E-state index in [-0.39, 0.29) is 17.5 Å². The van der Waals surface area contributed by atoms with Crippen LogP contribution < -0.4 is 5.73 Å². The lowest BCUT2D eigenvalue weighted by Gasteiger charge is -2.38. The molecule has 0 bridgehead atoms. The average molecular weight is 405 g/mol. The molecule has 0 saturated heterocycles. The molecule has 2 aromatic rings. The maximum Gasteiger partial charge on any atom is 0.205 e. The van der Waals surface area contributed by atoms with Crippen molar-refractivity contribution in [1.29, 1.82) is 5.26 Å². The molecular weight excluding hydrogens is 384 g/mol. The van der Waals surface area contributed by atoms with Gasteiger partial charge in [-0.2, -0.15) is 5.26 Å². The van der Waals surface area contributed by atoms with Gasteiger partial charge in [-0.25, -0.2) is 8.78 Å². The molecule has 0 spiro atoms. The third-order valence-electron chi connectivity index (χ3n) is 5.47. The number of allylic oxidation sites excluding steroid dienone is 1. The van der Waals surface area contributed by atoms with Crippen molar-refractivity contribution in [2.45, 2.75) is 12.8 Å². The third-order valence-corrected chi connectivity index (χ3v) is 5.47. The number of hydrogen-bond acceptors (Lipinski definition) is 4. The highest BCUT2D eigenvalue weighted by Crippen LogP contribution is 2.43. The van der Waals surface area contributed by atoms with Crippen molar-refractivity contribution < 1.29 is 13.5 Å². The van der Waals surface area contributed by atoms with Crippen LogP contribution in [-0.4, -0.2) is 24.5 Å². The Balaban J connectivity index is 1.86. The van der Waals surface area contributed by atoms with Gasteiger partial charge in [-0.3, -0.25) is 4.90 Å². The minimum Gasteiger partial charge on any atom is -0.440 e. The van der Waals surface area contributed by atoms with Crippen molar-refractivity contribution >= 4 is 6.08 Å². The molecule has 2 aliphatic rings. The van der Waals surface area contributed by atoms with Crippen molar-refractivity contribution in [3.05, 3.63) is 99.7 Å². The molecule has 0 fully saturated rings. The molecule has 2 aromatic carbocycles. The molecule has 6 heteroatoms. The normalized spacial score (nSPS) is 20.7. The SMILES string of the molecule is CCN1CC2=C(OC(N)=C(C#N)C2c2ccc(F)cc2)/C(=C\c2ccc(F)cc2)C1. The summed E-state index contributed by atoms with van der Waals surface area (Å²) in [4.78, 5) is 2.23. The van der Waals surface area contributed by atoms with Gasteiger partial charge in [0.2, 0.25) is 5.88 Å². The molecular formula is C24H21F2N3O. The van der Waals surface area contributed by atoms with Crippen molar-refractivity contribution in [3.63, 3.8) is 0 Å². The highest BCUT2D eigenvalue weighted by molar-refractivity contribution is 5.63. The van der Waals surface area contributed by atoms with Crippen LogP contribution in [0.3, 0.4) is 0 Å². The van der Waals surface area contributed by atoms with Gasteiger partial charge in [-0.15, -0.1) is 0 Å². The van der Waals surface area contributed by atoms with Gasteiger partial charge < -0.3 is 10.5 Å². The molecule has 0 radical (unpaired) electrons. The van der Waals surface area contributed by atoms with Crippen LogP contribution in [0.25, 0.3) is 6.08 Å². The molecule has 2 heterocycles. The highest BCUT2D eigenvalue weighted by atomic mass is 19.1. The van der Waals surface area contributed by atoms with E-state index < -0.39 is 5.92 Å². The predicted molar refractivity (Wildman–Crippen MR) is 111 cm³/mol. The molecule has 0 amide bonds. The number of ether oxygens (including phenoxy) is 1. The number of halogens is 2. The summed E-state index contributed by atoms with van der Waals surface area (Å²) in [6.45, 7) is 4.10. The Hall–Kier alpha value is -3.43. The summed E-state index contributed by atoms with van der Waals surface area (Å²) in [6.07, 6.45) is 1.95. The summed E-state index contributed by atoms with van der Waals surface area (Å²) < 4.78 is 32.8. The van der Waals surface area contributed by atoms with Crippen LogP contribution in [0.2, 0.25) is 0 Å². The lowest BCUT2D eigenvalue weighted by atomic mass is 9.80. The summed E-state index contributed by atoms with van der Waals surface area (Å²) >= 11 is 0. The summed E-state index contributed by atoms with van der Waals surface area (Å²) in [5.41, 5.74) is 9.89. The molecule has 4 nitrogen and oxygen atoms in total. The van der Waals surface area contributed by atoms with E-state index in [2.05, 4.69) is 17.9 Å². The topological polar surface area (TPSA) is 62.3 Å². The summed E-state index contributed by atoms with van der Waals surface area (Å²) in [5.74, 6) is -0.362. The maximum atomic E-state index is 13.5. The Kier molecular flexibility index (Phi) is 5.39. The van der Waals surface area contributed by atoms with Gasteiger partial charge in [0.05, 0.1) is 5.92 Å². The van der Waals surface area contributed by atoms with Gasteiger partial charge in [-0.05, 0) is 53.6 Å². The first kappa shape index (κ1) is 19.9. The molecule has 1 atom stereocenters. The molecule has 2 aliphatic heterocycles. The first-order chi connectivity index (χ1) is 14.5. The smallest absolute Gasteiger partial charge is 0.205 e. The standard InChI is InChI=1S/C24H21F2N3O/c1-2-29-13-17(11-15-3-7-18(25)8-4-15)23-21(14-29)22(20(12-27)24(28)30-23)16-5-9-19(26)10-6-16/h3-11,22H,2,13-14,28H2,1H3/b17-11-. The number of likely N-dealkylation sites (N-methyl/N-ethyl adjacent to an activating group) is 1. The number of benzene rings is 2. The lowest BCUT2D eigenvalue weighted by Crippen LogP contribution is -2.38. The Bertz CT molecular complexity index is 1090.